The van der Waals surface area contributed by atoms with Crippen LogP contribution in [0.25, 0.3) is 77.2 Å². The SMILES string of the molecule is c1ccc(-c2ccc([Si]3(c4ccccc4)c4ccccc4-n4c5ccccc5c5cc(-n6c7ccccc7c7cc(-c8ccccc8)ccc76)cc3c54)cc2)cc1. The highest BCUT2D eigenvalue weighted by Gasteiger charge is 2.48. The monoisotopic (exact) mass is 740 g/mol. The summed E-state index contributed by atoms with van der Waals surface area (Å²) in [5.74, 6) is 0. The maximum atomic E-state index is 2.56. The minimum Gasteiger partial charge on any atom is -0.309 e. The molecule has 57 heavy (non-hydrogen) atoms. The van der Waals surface area contributed by atoms with Crippen LogP contribution in [-0.2, 0) is 0 Å². The van der Waals surface area contributed by atoms with Gasteiger partial charge in [0.05, 0.1) is 22.1 Å². The topological polar surface area (TPSA) is 9.86 Å². The Balaban J connectivity index is 1.23. The molecule has 0 aliphatic carbocycles. The van der Waals surface area contributed by atoms with E-state index in [4.69, 9.17) is 0 Å². The largest absolute Gasteiger partial charge is 0.309 e. The molecule has 266 valence electrons. The van der Waals surface area contributed by atoms with Crippen molar-refractivity contribution in [2.24, 2.45) is 0 Å². The van der Waals surface area contributed by atoms with E-state index in [2.05, 4.69) is 228 Å². The smallest absolute Gasteiger partial charge is 0.184 e. The van der Waals surface area contributed by atoms with Gasteiger partial charge < -0.3 is 9.13 Å². The van der Waals surface area contributed by atoms with Crippen molar-refractivity contribution in [3.05, 3.63) is 218 Å². The lowest BCUT2D eigenvalue weighted by Crippen LogP contribution is -2.76. The van der Waals surface area contributed by atoms with E-state index in [-0.39, 0.29) is 0 Å². The number of benzene rings is 9. The van der Waals surface area contributed by atoms with Gasteiger partial charge in [-0.25, -0.2) is 0 Å². The first-order valence-corrected chi connectivity index (χ1v) is 21.8. The maximum absolute atomic E-state index is 2.96. The Kier molecular flexibility index (Phi) is 6.98. The van der Waals surface area contributed by atoms with Crippen LogP contribution in [0.1, 0.15) is 0 Å². The van der Waals surface area contributed by atoms with Gasteiger partial charge in [-0.3, -0.25) is 0 Å². The first-order valence-electron chi connectivity index (χ1n) is 19.8. The molecule has 0 saturated heterocycles. The van der Waals surface area contributed by atoms with Crippen molar-refractivity contribution in [3.8, 4) is 33.6 Å². The Morgan fingerprint density at radius 1 is 0.298 bits per heavy atom. The lowest BCUT2D eigenvalue weighted by atomic mass is 10.0. The van der Waals surface area contributed by atoms with Gasteiger partial charge in [0.25, 0.3) is 0 Å². The van der Waals surface area contributed by atoms with Crippen molar-refractivity contribution in [2.75, 3.05) is 0 Å². The molecule has 11 aromatic rings. The zero-order valence-corrected chi connectivity index (χ0v) is 32.2. The fourth-order valence-electron chi connectivity index (χ4n) is 9.96. The summed E-state index contributed by atoms with van der Waals surface area (Å²) < 4.78 is 5.08. The average Bonchev–Trinajstić information content (AvgIpc) is 3.81. The summed E-state index contributed by atoms with van der Waals surface area (Å²) in [6.45, 7) is 0. The second-order valence-corrected chi connectivity index (χ2v) is 19.0. The zero-order chi connectivity index (χ0) is 37.5. The minimum atomic E-state index is -2.96. The molecule has 0 fully saturated rings. The Hall–Kier alpha value is -7.20. The standard InChI is InChI=1S/C54H36N2Si/c1-4-16-37(17-5-1)39-28-31-43(32-29-39)57(42-20-8-3-9-21-42)52-27-15-14-26-51(52)56-49-25-13-11-23-45(49)47-35-41(36-53(57)54(47)56)55-48-24-12-10-22-44(48)46-34-40(30-33-50(46)55)38-18-6-2-7-19-38/h1-36H. The van der Waals surface area contributed by atoms with Gasteiger partial charge in [-0.15, -0.1) is 0 Å². The second-order valence-electron chi connectivity index (χ2n) is 15.3. The number of rotatable bonds is 5. The number of nitrogens with zero attached hydrogens (tertiary/aromatic N) is 2. The number of hydrogen-bond acceptors (Lipinski definition) is 0. The van der Waals surface area contributed by atoms with Gasteiger partial charge in [-0.05, 0) is 85.5 Å². The van der Waals surface area contributed by atoms with Crippen LogP contribution in [0.5, 0.6) is 0 Å². The van der Waals surface area contributed by atoms with Gasteiger partial charge in [0, 0.05) is 32.9 Å². The van der Waals surface area contributed by atoms with Crippen LogP contribution >= 0.6 is 0 Å². The molecule has 0 spiro atoms. The van der Waals surface area contributed by atoms with E-state index >= 15 is 0 Å². The van der Waals surface area contributed by atoms with Gasteiger partial charge in [0.15, 0.2) is 8.07 Å². The lowest BCUT2D eigenvalue weighted by Gasteiger charge is -2.40. The third kappa shape index (κ3) is 4.58. The maximum Gasteiger partial charge on any atom is 0.184 e. The van der Waals surface area contributed by atoms with E-state index in [1.807, 2.05) is 0 Å². The normalized spacial score (nSPS) is 14.7. The van der Waals surface area contributed by atoms with Gasteiger partial charge in [0.1, 0.15) is 0 Å². The third-order valence-corrected chi connectivity index (χ3v) is 17.2. The molecular weight excluding hydrogens is 705 g/mol. The molecule has 9 aromatic carbocycles. The molecule has 1 unspecified atom stereocenters. The van der Waals surface area contributed by atoms with Crippen molar-refractivity contribution in [1.29, 1.82) is 0 Å². The summed E-state index contributed by atoms with van der Waals surface area (Å²) in [6, 6.07) is 81.6. The molecule has 2 aromatic heterocycles. The van der Waals surface area contributed by atoms with Crippen LogP contribution in [0, 0.1) is 0 Å². The highest BCUT2D eigenvalue weighted by atomic mass is 28.3. The van der Waals surface area contributed by atoms with Crippen LogP contribution in [-0.4, -0.2) is 17.2 Å². The van der Waals surface area contributed by atoms with E-state index in [1.165, 1.54) is 98.0 Å². The molecule has 0 saturated carbocycles. The van der Waals surface area contributed by atoms with E-state index in [0.29, 0.717) is 0 Å². The Morgan fingerprint density at radius 2 is 0.807 bits per heavy atom. The van der Waals surface area contributed by atoms with E-state index < -0.39 is 8.07 Å². The zero-order valence-electron chi connectivity index (χ0n) is 31.2. The molecule has 0 bridgehead atoms. The highest BCUT2D eigenvalue weighted by molar-refractivity contribution is 7.21. The molecule has 12 rings (SSSR count). The van der Waals surface area contributed by atoms with Crippen LogP contribution < -0.4 is 20.7 Å². The summed E-state index contributed by atoms with van der Waals surface area (Å²) >= 11 is 0. The highest BCUT2D eigenvalue weighted by Crippen LogP contribution is 2.40. The van der Waals surface area contributed by atoms with E-state index in [1.54, 1.807) is 0 Å². The first-order chi connectivity index (χ1) is 28.3. The van der Waals surface area contributed by atoms with Crippen molar-refractivity contribution >= 4 is 72.4 Å². The van der Waals surface area contributed by atoms with Crippen molar-refractivity contribution in [2.45, 2.75) is 0 Å². The van der Waals surface area contributed by atoms with Crippen molar-refractivity contribution in [1.82, 2.24) is 9.13 Å². The van der Waals surface area contributed by atoms with Gasteiger partial charge in [-0.2, -0.15) is 0 Å². The Bertz CT molecular complexity index is 3320. The summed E-state index contributed by atoms with van der Waals surface area (Å²) in [7, 11) is -2.96. The summed E-state index contributed by atoms with van der Waals surface area (Å²) in [5.41, 5.74) is 12.4. The third-order valence-electron chi connectivity index (χ3n) is 12.4. The van der Waals surface area contributed by atoms with Crippen molar-refractivity contribution < 1.29 is 0 Å². The molecule has 3 heterocycles. The lowest BCUT2D eigenvalue weighted by molar-refractivity contribution is 1.17. The van der Waals surface area contributed by atoms with Crippen LogP contribution in [0.3, 0.4) is 0 Å². The number of hydrogen-bond donors (Lipinski definition) is 0. The summed E-state index contributed by atoms with van der Waals surface area (Å²) in [5, 5.41) is 10.7. The van der Waals surface area contributed by atoms with Crippen molar-refractivity contribution in [3.63, 3.8) is 0 Å². The van der Waals surface area contributed by atoms with Gasteiger partial charge >= 0.3 is 0 Å². The molecule has 1 aliphatic heterocycles. The minimum absolute atomic E-state index is 1.19. The van der Waals surface area contributed by atoms with Gasteiger partial charge in [-0.1, -0.05) is 176 Å². The van der Waals surface area contributed by atoms with Crippen LogP contribution in [0.2, 0.25) is 0 Å². The van der Waals surface area contributed by atoms with Gasteiger partial charge in [0.2, 0.25) is 0 Å². The fourth-order valence-corrected chi connectivity index (χ4v) is 15.1. The number of para-hydroxylation sites is 3. The summed E-state index contributed by atoms with van der Waals surface area (Å²) in [4.78, 5) is 0. The molecule has 1 aliphatic rings. The molecule has 3 heteroatoms. The molecular formula is C54H36N2Si. The predicted molar refractivity (Wildman–Crippen MR) is 243 cm³/mol. The van der Waals surface area contributed by atoms with E-state index in [9.17, 15) is 0 Å². The Morgan fingerprint density at radius 3 is 1.53 bits per heavy atom. The summed E-state index contributed by atoms with van der Waals surface area (Å²) in [6.07, 6.45) is 0. The molecule has 0 N–H and O–H groups in total. The molecule has 1 atom stereocenters. The number of aromatic nitrogens is 2. The molecule has 2 nitrogen and oxygen atoms in total. The average molecular weight is 741 g/mol. The fraction of sp³-hybridized carbons (Fsp3) is 0. The van der Waals surface area contributed by atoms with E-state index in [0.717, 1.165) is 0 Å². The van der Waals surface area contributed by atoms with Crippen LogP contribution in [0.4, 0.5) is 0 Å². The molecule has 0 amide bonds. The van der Waals surface area contributed by atoms with Crippen LogP contribution in [0.15, 0.2) is 218 Å². The number of fused-ring (bicyclic) bond motifs is 8. The first kappa shape index (κ1) is 32.1. The second kappa shape index (κ2) is 12.4. The Labute approximate surface area is 332 Å². The quantitative estimate of drug-likeness (QED) is 0.156. The predicted octanol–water partition coefficient (Wildman–Crippen LogP) is 10.9. The molecule has 0 radical (unpaired) electrons.